The van der Waals surface area contributed by atoms with Crippen LogP contribution in [-0.2, 0) is 5.41 Å². The lowest BCUT2D eigenvalue weighted by Crippen LogP contribution is -2.25. The zero-order valence-electron chi connectivity index (χ0n) is 12.4. The summed E-state index contributed by atoms with van der Waals surface area (Å²) in [4.78, 5) is 11.9. The average Bonchev–Trinajstić information content (AvgIpc) is 2.33. The Hall–Kier alpha value is -1.35. The summed E-state index contributed by atoms with van der Waals surface area (Å²) in [6, 6.07) is 7.74. The second-order valence-electron chi connectivity index (χ2n) is 6.07. The van der Waals surface area contributed by atoms with Crippen molar-refractivity contribution in [1.29, 1.82) is 0 Å². The van der Waals surface area contributed by atoms with Crippen molar-refractivity contribution in [3.8, 4) is 0 Å². The van der Waals surface area contributed by atoms with E-state index in [1.54, 1.807) is 6.92 Å². The molecule has 3 heteroatoms. The first-order chi connectivity index (χ1) is 8.80. The molecule has 0 saturated carbocycles. The third-order valence-corrected chi connectivity index (χ3v) is 3.10. The summed E-state index contributed by atoms with van der Waals surface area (Å²) in [7, 11) is 0. The first-order valence-corrected chi connectivity index (χ1v) is 6.87. The van der Waals surface area contributed by atoms with Crippen LogP contribution in [0, 0.1) is 0 Å². The number of rotatable bonds is 5. The molecule has 0 aliphatic heterocycles. The van der Waals surface area contributed by atoms with Crippen molar-refractivity contribution < 1.29 is 9.90 Å². The molecule has 1 amide bonds. The number of carbonyl (C=O) groups excluding carboxylic acids is 1. The third-order valence-electron chi connectivity index (χ3n) is 3.10. The average molecular weight is 263 g/mol. The Balaban J connectivity index is 2.49. The maximum Gasteiger partial charge on any atom is 0.251 e. The van der Waals surface area contributed by atoms with Gasteiger partial charge in [-0.25, -0.2) is 0 Å². The van der Waals surface area contributed by atoms with E-state index in [0.29, 0.717) is 18.5 Å². The predicted octanol–water partition coefficient (Wildman–Crippen LogP) is 2.87. The number of hydrogen-bond acceptors (Lipinski definition) is 2. The summed E-state index contributed by atoms with van der Waals surface area (Å²) in [5.41, 5.74) is 2.01. The van der Waals surface area contributed by atoms with Crippen LogP contribution in [0.2, 0.25) is 0 Å². The second kappa shape index (κ2) is 6.71. The molecule has 1 aromatic carbocycles. The highest BCUT2D eigenvalue weighted by atomic mass is 16.3. The van der Waals surface area contributed by atoms with Gasteiger partial charge in [-0.15, -0.1) is 0 Å². The number of aliphatic hydroxyl groups is 1. The molecular weight excluding hydrogens is 238 g/mol. The molecule has 0 saturated heterocycles. The van der Waals surface area contributed by atoms with E-state index in [9.17, 15) is 4.79 Å². The Morgan fingerprint density at radius 2 is 1.84 bits per heavy atom. The molecule has 0 aromatic heterocycles. The van der Waals surface area contributed by atoms with E-state index < -0.39 is 0 Å². The lowest BCUT2D eigenvalue weighted by atomic mass is 9.87. The van der Waals surface area contributed by atoms with Gasteiger partial charge in [0.1, 0.15) is 0 Å². The van der Waals surface area contributed by atoms with Crippen LogP contribution >= 0.6 is 0 Å². The fraction of sp³-hybridized carbons (Fsp3) is 0.562. The summed E-state index contributed by atoms with van der Waals surface area (Å²) >= 11 is 0. The van der Waals surface area contributed by atoms with Gasteiger partial charge in [0.25, 0.3) is 5.91 Å². The van der Waals surface area contributed by atoms with E-state index >= 15 is 0 Å². The van der Waals surface area contributed by atoms with Gasteiger partial charge < -0.3 is 10.4 Å². The summed E-state index contributed by atoms with van der Waals surface area (Å²) in [5.74, 6) is -0.0500. The number of benzene rings is 1. The van der Waals surface area contributed by atoms with Crippen LogP contribution in [-0.4, -0.2) is 23.7 Å². The molecule has 2 N–H and O–H groups in total. The SMILES string of the molecule is CC(O)CCCNC(=O)c1ccc(C(C)(C)C)cc1. The molecule has 0 fully saturated rings. The molecule has 0 radical (unpaired) electrons. The molecule has 0 aliphatic carbocycles. The van der Waals surface area contributed by atoms with Crippen molar-refractivity contribution in [3.63, 3.8) is 0 Å². The van der Waals surface area contributed by atoms with Crippen molar-refractivity contribution in [2.45, 2.75) is 52.1 Å². The van der Waals surface area contributed by atoms with Crippen LogP contribution in [0.4, 0.5) is 0 Å². The van der Waals surface area contributed by atoms with Gasteiger partial charge in [-0.2, -0.15) is 0 Å². The molecule has 0 heterocycles. The lowest BCUT2D eigenvalue weighted by Gasteiger charge is -2.19. The van der Waals surface area contributed by atoms with Crippen LogP contribution < -0.4 is 5.32 Å². The van der Waals surface area contributed by atoms with Gasteiger partial charge in [-0.3, -0.25) is 4.79 Å². The van der Waals surface area contributed by atoms with Crippen LogP contribution in [0.5, 0.6) is 0 Å². The predicted molar refractivity (Wildman–Crippen MR) is 78.4 cm³/mol. The van der Waals surface area contributed by atoms with Gasteiger partial charge in [-0.05, 0) is 42.9 Å². The van der Waals surface area contributed by atoms with E-state index in [4.69, 9.17) is 5.11 Å². The normalized spacial score (nSPS) is 13.1. The zero-order chi connectivity index (χ0) is 14.5. The Morgan fingerprint density at radius 1 is 1.26 bits per heavy atom. The van der Waals surface area contributed by atoms with E-state index in [2.05, 4.69) is 26.1 Å². The minimum Gasteiger partial charge on any atom is -0.393 e. The summed E-state index contributed by atoms with van der Waals surface area (Å²) < 4.78 is 0. The second-order valence-corrected chi connectivity index (χ2v) is 6.07. The maximum atomic E-state index is 11.9. The number of aliphatic hydroxyl groups excluding tert-OH is 1. The smallest absolute Gasteiger partial charge is 0.251 e. The topological polar surface area (TPSA) is 49.3 Å². The van der Waals surface area contributed by atoms with Crippen molar-refractivity contribution in [2.75, 3.05) is 6.54 Å². The highest BCUT2D eigenvalue weighted by Crippen LogP contribution is 2.22. The lowest BCUT2D eigenvalue weighted by molar-refractivity contribution is 0.0949. The molecule has 0 spiro atoms. The monoisotopic (exact) mass is 263 g/mol. The molecule has 3 nitrogen and oxygen atoms in total. The van der Waals surface area contributed by atoms with Gasteiger partial charge in [0.05, 0.1) is 6.10 Å². The first-order valence-electron chi connectivity index (χ1n) is 6.87. The molecule has 1 aromatic rings. The van der Waals surface area contributed by atoms with Gasteiger partial charge in [0.2, 0.25) is 0 Å². The first kappa shape index (κ1) is 15.7. The number of amides is 1. The molecule has 1 atom stereocenters. The Bertz CT molecular complexity index is 402. The maximum absolute atomic E-state index is 11.9. The van der Waals surface area contributed by atoms with Crippen LogP contribution in [0.25, 0.3) is 0 Å². The Morgan fingerprint density at radius 3 is 2.32 bits per heavy atom. The van der Waals surface area contributed by atoms with Gasteiger partial charge in [0, 0.05) is 12.1 Å². The minimum absolute atomic E-state index is 0.0500. The molecule has 1 rings (SSSR count). The third kappa shape index (κ3) is 5.43. The zero-order valence-corrected chi connectivity index (χ0v) is 12.4. The Kier molecular flexibility index (Phi) is 5.55. The van der Waals surface area contributed by atoms with E-state index in [1.807, 2.05) is 24.3 Å². The fourth-order valence-electron chi connectivity index (χ4n) is 1.82. The molecule has 19 heavy (non-hydrogen) atoms. The Labute approximate surface area is 116 Å². The van der Waals surface area contributed by atoms with Crippen molar-refractivity contribution in [2.24, 2.45) is 0 Å². The molecule has 0 bridgehead atoms. The summed E-state index contributed by atoms with van der Waals surface area (Å²) in [5, 5.41) is 12.0. The highest BCUT2D eigenvalue weighted by molar-refractivity contribution is 5.94. The number of carbonyl (C=O) groups is 1. The molecule has 1 unspecified atom stereocenters. The van der Waals surface area contributed by atoms with E-state index in [1.165, 1.54) is 5.56 Å². The molecule has 0 aliphatic rings. The largest absolute Gasteiger partial charge is 0.393 e. The highest BCUT2D eigenvalue weighted by Gasteiger charge is 2.14. The quantitative estimate of drug-likeness (QED) is 0.803. The number of hydrogen-bond donors (Lipinski definition) is 2. The molecule has 106 valence electrons. The fourth-order valence-corrected chi connectivity index (χ4v) is 1.82. The van der Waals surface area contributed by atoms with Crippen LogP contribution in [0.3, 0.4) is 0 Å². The minimum atomic E-state index is -0.303. The van der Waals surface area contributed by atoms with Crippen LogP contribution in [0.1, 0.15) is 56.5 Å². The number of nitrogens with one attached hydrogen (secondary N) is 1. The van der Waals surface area contributed by atoms with Crippen molar-refractivity contribution in [3.05, 3.63) is 35.4 Å². The van der Waals surface area contributed by atoms with Crippen LogP contribution in [0.15, 0.2) is 24.3 Å². The van der Waals surface area contributed by atoms with Gasteiger partial charge in [0.15, 0.2) is 0 Å². The van der Waals surface area contributed by atoms with Crippen molar-refractivity contribution >= 4 is 5.91 Å². The summed E-state index contributed by atoms with van der Waals surface area (Å²) in [6.45, 7) is 8.81. The summed E-state index contributed by atoms with van der Waals surface area (Å²) in [6.07, 6.45) is 1.20. The van der Waals surface area contributed by atoms with Gasteiger partial charge in [-0.1, -0.05) is 32.9 Å². The van der Waals surface area contributed by atoms with Crippen molar-refractivity contribution in [1.82, 2.24) is 5.32 Å². The van der Waals surface area contributed by atoms with E-state index in [-0.39, 0.29) is 17.4 Å². The standard InChI is InChI=1S/C16H25NO2/c1-12(18)6-5-11-17-15(19)13-7-9-14(10-8-13)16(2,3)4/h7-10,12,18H,5-6,11H2,1-4H3,(H,17,19). The van der Waals surface area contributed by atoms with E-state index in [0.717, 1.165) is 6.42 Å². The van der Waals surface area contributed by atoms with Gasteiger partial charge >= 0.3 is 0 Å². The molecular formula is C16H25NO2.